The van der Waals surface area contributed by atoms with E-state index in [0.29, 0.717) is 10.7 Å². The normalized spacial score (nSPS) is 10.7. The zero-order valence-electron chi connectivity index (χ0n) is 14.5. The standard InChI is InChI=1S/C20H20N2OS2/c1-13-4-7-17(10-14(13)2)18-12-25-20(21-18)22-19(23)16-8-5-15(6-9-16)11-24-3/h4-10,12H,11H2,1-3H3,(H,21,22,23). The van der Waals surface area contributed by atoms with Crippen molar-refractivity contribution in [1.82, 2.24) is 4.98 Å². The summed E-state index contributed by atoms with van der Waals surface area (Å²) in [6.45, 7) is 4.19. The Hall–Kier alpha value is -2.11. The largest absolute Gasteiger partial charge is 0.298 e. The van der Waals surface area contributed by atoms with Crippen LogP contribution in [0.1, 0.15) is 27.0 Å². The highest BCUT2D eigenvalue weighted by atomic mass is 32.2. The van der Waals surface area contributed by atoms with Crippen LogP contribution < -0.4 is 5.32 Å². The number of anilines is 1. The van der Waals surface area contributed by atoms with Gasteiger partial charge in [-0.25, -0.2) is 4.98 Å². The molecular formula is C20H20N2OS2. The Bertz CT molecular complexity index is 885. The number of thioether (sulfide) groups is 1. The van der Waals surface area contributed by atoms with Gasteiger partial charge in [-0.2, -0.15) is 11.8 Å². The summed E-state index contributed by atoms with van der Waals surface area (Å²) >= 11 is 3.21. The van der Waals surface area contributed by atoms with E-state index in [4.69, 9.17) is 0 Å². The Labute approximate surface area is 156 Å². The molecule has 0 aliphatic rings. The number of aromatic nitrogens is 1. The van der Waals surface area contributed by atoms with Crippen molar-refractivity contribution in [3.63, 3.8) is 0 Å². The molecule has 0 fully saturated rings. The Balaban J connectivity index is 1.72. The molecule has 1 N–H and O–H groups in total. The monoisotopic (exact) mass is 368 g/mol. The number of thiazole rings is 1. The van der Waals surface area contributed by atoms with Gasteiger partial charge in [-0.05, 0) is 55.0 Å². The van der Waals surface area contributed by atoms with E-state index in [9.17, 15) is 4.79 Å². The van der Waals surface area contributed by atoms with Crippen LogP contribution in [-0.2, 0) is 5.75 Å². The zero-order valence-corrected chi connectivity index (χ0v) is 16.1. The molecule has 5 heteroatoms. The second kappa shape index (κ2) is 7.85. The number of hydrogen-bond donors (Lipinski definition) is 1. The Morgan fingerprint density at radius 1 is 1.12 bits per heavy atom. The molecule has 3 aromatic rings. The first-order valence-electron chi connectivity index (χ1n) is 7.99. The van der Waals surface area contributed by atoms with Crippen molar-refractivity contribution in [2.75, 3.05) is 11.6 Å². The topological polar surface area (TPSA) is 42.0 Å². The van der Waals surface area contributed by atoms with Crippen molar-refractivity contribution in [1.29, 1.82) is 0 Å². The third-order valence-electron chi connectivity index (χ3n) is 4.05. The molecular weight excluding hydrogens is 348 g/mol. The molecule has 3 rings (SSSR count). The van der Waals surface area contributed by atoms with Crippen LogP contribution in [0.15, 0.2) is 47.8 Å². The van der Waals surface area contributed by atoms with E-state index >= 15 is 0 Å². The first-order valence-corrected chi connectivity index (χ1v) is 10.3. The van der Waals surface area contributed by atoms with E-state index in [0.717, 1.165) is 17.0 Å². The number of carbonyl (C=O) groups is 1. The van der Waals surface area contributed by atoms with Gasteiger partial charge >= 0.3 is 0 Å². The van der Waals surface area contributed by atoms with Crippen molar-refractivity contribution in [2.45, 2.75) is 19.6 Å². The van der Waals surface area contributed by atoms with Crippen LogP contribution in [0, 0.1) is 13.8 Å². The third-order valence-corrected chi connectivity index (χ3v) is 5.43. The number of amides is 1. The van der Waals surface area contributed by atoms with Gasteiger partial charge in [0.15, 0.2) is 5.13 Å². The molecule has 128 valence electrons. The first kappa shape index (κ1) is 17.7. The molecule has 0 radical (unpaired) electrons. The molecule has 0 aliphatic heterocycles. The minimum Gasteiger partial charge on any atom is -0.298 e. The Morgan fingerprint density at radius 2 is 1.88 bits per heavy atom. The molecule has 1 aromatic heterocycles. The van der Waals surface area contributed by atoms with E-state index < -0.39 is 0 Å². The number of rotatable bonds is 5. The maximum atomic E-state index is 12.4. The van der Waals surface area contributed by atoms with Gasteiger partial charge in [-0.1, -0.05) is 24.3 Å². The van der Waals surface area contributed by atoms with E-state index in [1.165, 1.54) is 28.0 Å². The van der Waals surface area contributed by atoms with Crippen molar-refractivity contribution in [3.8, 4) is 11.3 Å². The SMILES string of the molecule is CSCc1ccc(C(=O)Nc2nc(-c3ccc(C)c(C)c3)cs2)cc1. The number of hydrogen-bond acceptors (Lipinski definition) is 4. The molecule has 0 bridgehead atoms. The van der Waals surface area contributed by atoms with Gasteiger partial charge in [0, 0.05) is 22.3 Å². The summed E-state index contributed by atoms with van der Waals surface area (Å²) in [4.78, 5) is 16.9. The smallest absolute Gasteiger partial charge is 0.257 e. The van der Waals surface area contributed by atoms with E-state index in [1.807, 2.05) is 29.6 Å². The van der Waals surface area contributed by atoms with Gasteiger partial charge in [0.05, 0.1) is 5.69 Å². The van der Waals surface area contributed by atoms with E-state index in [2.05, 4.69) is 48.6 Å². The minimum atomic E-state index is -0.128. The average molecular weight is 369 g/mol. The van der Waals surface area contributed by atoms with Crippen molar-refractivity contribution < 1.29 is 4.79 Å². The molecule has 3 nitrogen and oxygen atoms in total. The second-order valence-corrected chi connectivity index (χ2v) is 7.65. The second-order valence-electron chi connectivity index (χ2n) is 5.92. The van der Waals surface area contributed by atoms with Crippen LogP contribution in [0.5, 0.6) is 0 Å². The summed E-state index contributed by atoms with van der Waals surface area (Å²) in [6.07, 6.45) is 2.07. The third kappa shape index (κ3) is 4.30. The predicted molar refractivity (Wildman–Crippen MR) is 109 cm³/mol. The van der Waals surface area contributed by atoms with Crippen LogP contribution in [0.4, 0.5) is 5.13 Å². The van der Waals surface area contributed by atoms with Crippen molar-refractivity contribution in [3.05, 3.63) is 70.1 Å². The lowest BCUT2D eigenvalue weighted by Crippen LogP contribution is -2.11. The fraction of sp³-hybridized carbons (Fsp3) is 0.200. The first-order chi connectivity index (χ1) is 12.1. The van der Waals surface area contributed by atoms with Crippen LogP contribution in [0.2, 0.25) is 0 Å². The summed E-state index contributed by atoms with van der Waals surface area (Å²) in [7, 11) is 0. The lowest BCUT2D eigenvalue weighted by atomic mass is 10.1. The molecule has 0 atom stereocenters. The number of carbonyl (C=O) groups excluding carboxylic acids is 1. The molecule has 0 saturated carbocycles. The molecule has 0 aliphatic carbocycles. The van der Waals surface area contributed by atoms with Gasteiger partial charge < -0.3 is 0 Å². The molecule has 1 amide bonds. The van der Waals surface area contributed by atoms with Crippen LogP contribution in [-0.4, -0.2) is 17.1 Å². The van der Waals surface area contributed by atoms with Gasteiger partial charge in [0.2, 0.25) is 0 Å². The molecule has 0 unspecified atom stereocenters. The summed E-state index contributed by atoms with van der Waals surface area (Å²) < 4.78 is 0. The molecule has 0 saturated heterocycles. The molecule has 0 spiro atoms. The minimum absolute atomic E-state index is 0.128. The zero-order chi connectivity index (χ0) is 17.8. The van der Waals surface area contributed by atoms with Gasteiger partial charge in [-0.15, -0.1) is 11.3 Å². The highest BCUT2D eigenvalue weighted by Crippen LogP contribution is 2.26. The van der Waals surface area contributed by atoms with Crippen molar-refractivity contribution in [2.24, 2.45) is 0 Å². The van der Waals surface area contributed by atoms with Crippen LogP contribution in [0.25, 0.3) is 11.3 Å². The van der Waals surface area contributed by atoms with Crippen molar-refractivity contribution >= 4 is 34.1 Å². The molecule has 25 heavy (non-hydrogen) atoms. The Kier molecular flexibility index (Phi) is 5.56. The quantitative estimate of drug-likeness (QED) is 0.643. The van der Waals surface area contributed by atoms with Crippen LogP contribution >= 0.6 is 23.1 Å². The molecule has 1 heterocycles. The fourth-order valence-electron chi connectivity index (χ4n) is 2.45. The van der Waals surface area contributed by atoms with Gasteiger partial charge in [0.25, 0.3) is 5.91 Å². The summed E-state index contributed by atoms with van der Waals surface area (Å²) in [6, 6.07) is 14.0. The maximum absolute atomic E-state index is 12.4. The lowest BCUT2D eigenvalue weighted by molar-refractivity contribution is 0.102. The highest BCUT2D eigenvalue weighted by Gasteiger charge is 2.10. The number of nitrogens with one attached hydrogen (secondary N) is 1. The molecule has 2 aromatic carbocycles. The van der Waals surface area contributed by atoms with E-state index in [1.54, 1.807) is 11.8 Å². The van der Waals surface area contributed by atoms with E-state index in [-0.39, 0.29) is 5.91 Å². The lowest BCUT2D eigenvalue weighted by Gasteiger charge is -2.04. The van der Waals surface area contributed by atoms with Crippen LogP contribution in [0.3, 0.4) is 0 Å². The maximum Gasteiger partial charge on any atom is 0.257 e. The number of benzene rings is 2. The number of aryl methyl sites for hydroxylation is 2. The fourth-order valence-corrected chi connectivity index (χ4v) is 3.69. The summed E-state index contributed by atoms with van der Waals surface area (Å²) in [5.41, 5.74) is 6.32. The average Bonchev–Trinajstić information content (AvgIpc) is 3.07. The van der Waals surface area contributed by atoms with Gasteiger partial charge in [-0.3, -0.25) is 10.1 Å². The van der Waals surface area contributed by atoms with Gasteiger partial charge in [0.1, 0.15) is 0 Å². The predicted octanol–water partition coefficient (Wildman–Crippen LogP) is 5.54. The summed E-state index contributed by atoms with van der Waals surface area (Å²) in [5, 5.41) is 5.48. The highest BCUT2D eigenvalue weighted by molar-refractivity contribution is 7.97. The summed E-state index contributed by atoms with van der Waals surface area (Å²) in [5.74, 6) is 0.824. The Morgan fingerprint density at radius 3 is 2.56 bits per heavy atom. The number of nitrogens with zero attached hydrogens (tertiary/aromatic N) is 1.